The molecule has 174 valence electrons. The second-order valence-corrected chi connectivity index (χ2v) is 8.79. The number of anilines is 1. The lowest BCUT2D eigenvalue weighted by Crippen LogP contribution is -2.34. The molecule has 0 saturated heterocycles. The van der Waals surface area contributed by atoms with Crippen molar-refractivity contribution in [2.75, 3.05) is 12.4 Å². The Morgan fingerprint density at radius 2 is 1.66 bits per heavy atom. The van der Waals surface area contributed by atoms with E-state index in [4.69, 9.17) is 21.4 Å². The van der Waals surface area contributed by atoms with Gasteiger partial charge in [-0.1, -0.05) is 41.5 Å². The Morgan fingerprint density at radius 3 is 2.37 bits per heavy atom. The Kier molecular flexibility index (Phi) is 5.93. The maximum absolute atomic E-state index is 13.0. The molecule has 0 atom stereocenters. The van der Waals surface area contributed by atoms with Crippen molar-refractivity contribution >= 4 is 50.8 Å². The third-order valence-electron chi connectivity index (χ3n) is 5.65. The van der Waals surface area contributed by atoms with Crippen molar-refractivity contribution in [1.29, 1.82) is 0 Å². The minimum absolute atomic E-state index is 0.169. The van der Waals surface area contributed by atoms with Gasteiger partial charge in [-0.3, -0.25) is 10.1 Å². The first-order valence-electron chi connectivity index (χ1n) is 11.1. The summed E-state index contributed by atoms with van der Waals surface area (Å²) in [6, 6.07) is 23.1. The van der Waals surface area contributed by atoms with Crippen LogP contribution in [0.5, 0.6) is 5.75 Å². The first kappa shape index (κ1) is 22.6. The maximum atomic E-state index is 13.0. The minimum Gasteiger partial charge on any atom is -0.496 e. The van der Waals surface area contributed by atoms with E-state index in [9.17, 15) is 4.79 Å². The molecule has 1 amide bonds. The fourth-order valence-corrected chi connectivity index (χ4v) is 4.34. The predicted molar refractivity (Wildman–Crippen MR) is 143 cm³/mol. The number of oxazole rings is 1. The van der Waals surface area contributed by atoms with Gasteiger partial charge in [0.15, 0.2) is 10.7 Å². The van der Waals surface area contributed by atoms with Gasteiger partial charge in [-0.2, -0.15) is 0 Å². The normalized spacial score (nSPS) is 10.9. The van der Waals surface area contributed by atoms with Crippen molar-refractivity contribution in [3.8, 4) is 17.2 Å². The van der Waals surface area contributed by atoms with Crippen LogP contribution in [0.2, 0.25) is 0 Å². The highest BCUT2D eigenvalue weighted by Gasteiger charge is 2.16. The second kappa shape index (κ2) is 9.19. The molecule has 0 unspecified atom stereocenters. The number of amides is 1. The number of nitrogens with one attached hydrogen (secondary N) is 2. The number of fused-ring (bicyclic) bond motifs is 2. The highest BCUT2D eigenvalue weighted by atomic mass is 32.1. The van der Waals surface area contributed by atoms with E-state index in [1.165, 1.54) is 7.11 Å². The monoisotopic (exact) mass is 481 g/mol. The summed E-state index contributed by atoms with van der Waals surface area (Å²) >= 11 is 5.39. The summed E-state index contributed by atoms with van der Waals surface area (Å²) in [6.07, 6.45) is 0. The van der Waals surface area contributed by atoms with E-state index in [2.05, 4.69) is 21.7 Å². The molecule has 0 fully saturated rings. The van der Waals surface area contributed by atoms with Crippen molar-refractivity contribution in [3.63, 3.8) is 0 Å². The standard InChI is InChI=1S/C28H23N3O3S/c1-16-10-17(2)12-20(11-16)27-30-23-15-21(8-9-24(23)34-27)29-28(35)31-26(32)22-13-18-6-4-5-7-19(18)14-25(22)33-3/h4-15H,1-3H3,(H2,29,31,32,35). The Hall–Kier alpha value is -4.23. The molecule has 1 heterocycles. The van der Waals surface area contributed by atoms with Gasteiger partial charge in [0.2, 0.25) is 5.89 Å². The number of aromatic nitrogens is 1. The van der Waals surface area contributed by atoms with Gasteiger partial charge in [0.25, 0.3) is 5.91 Å². The summed E-state index contributed by atoms with van der Waals surface area (Å²) in [6.45, 7) is 4.09. The average Bonchev–Trinajstić information content (AvgIpc) is 3.26. The van der Waals surface area contributed by atoms with Crippen molar-refractivity contribution < 1.29 is 13.9 Å². The SMILES string of the molecule is COc1cc2ccccc2cc1C(=O)NC(=S)Nc1ccc2oc(-c3cc(C)cc(C)c3)nc2c1. The number of carbonyl (C=O) groups is 1. The lowest BCUT2D eigenvalue weighted by atomic mass is 10.1. The van der Waals surface area contributed by atoms with Crippen LogP contribution in [-0.4, -0.2) is 23.1 Å². The Balaban J connectivity index is 1.34. The number of nitrogens with zero attached hydrogens (tertiary/aromatic N) is 1. The van der Waals surface area contributed by atoms with Crippen LogP contribution < -0.4 is 15.4 Å². The Bertz CT molecular complexity index is 1590. The van der Waals surface area contributed by atoms with Crippen LogP contribution in [0, 0.1) is 13.8 Å². The van der Waals surface area contributed by atoms with Gasteiger partial charge < -0.3 is 14.5 Å². The van der Waals surface area contributed by atoms with Gasteiger partial charge in [0.05, 0.1) is 12.7 Å². The highest BCUT2D eigenvalue weighted by Crippen LogP contribution is 2.28. The summed E-state index contributed by atoms with van der Waals surface area (Å²) in [7, 11) is 1.54. The number of hydrogen-bond donors (Lipinski definition) is 2. The number of aryl methyl sites for hydroxylation is 2. The zero-order valence-corrected chi connectivity index (χ0v) is 20.3. The molecule has 0 saturated carbocycles. The van der Waals surface area contributed by atoms with E-state index < -0.39 is 0 Å². The quantitative estimate of drug-likeness (QED) is 0.289. The topological polar surface area (TPSA) is 76.4 Å². The van der Waals surface area contributed by atoms with Gasteiger partial charge in [-0.05, 0) is 79.3 Å². The summed E-state index contributed by atoms with van der Waals surface area (Å²) in [5.74, 6) is 0.680. The third kappa shape index (κ3) is 4.72. The van der Waals surface area contributed by atoms with Crippen molar-refractivity contribution in [2.24, 2.45) is 0 Å². The van der Waals surface area contributed by atoms with E-state index in [1.54, 1.807) is 6.07 Å². The molecule has 4 aromatic carbocycles. The van der Waals surface area contributed by atoms with E-state index in [-0.39, 0.29) is 11.0 Å². The average molecular weight is 482 g/mol. The van der Waals surface area contributed by atoms with Crippen LogP contribution in [0.25, 0.3) is 33.3 Å². The number of benzene rings is 4. The van der Waals surface area contributed by atoms with E-state index >= 15 is 0 Å². The van der Waals surface area contributed by atoms with Crippen LogP contribution in [0.1, 0.15) is 21.5 Å². The van der Waals surface area contributed by atoms with Crippen LogP contribution >= 0.6 is 12.2 Å². The summed E-state index contributed by atoms with van der Waals surface area (Å²) < 4.78 is 11.4. The lowest BCUT2D eigenvalue weighted by molar-refractivity contribution is 0.0975. The molecule has 35 heavy (non-hydrogen) atoms. The van der Waals surface area contributed by atoms with Crippen molar-refractivity contribution in [3.05, 3.63) is 89.5 Å². The van der Waals surface area contributed by atoms with Crippen LogP contribution in [0.3, 0.4) is 0 Å². The summed E-state index contributed by atoms with van der Waals surface area (Å²) in [5, 5.41) is 7.88. The molecule has 0 spiro atoms. The summed E-state index contributed by atoms with van der Waals surface area (Å²) in [4.78, 5) is 17.6. The molecule has 0 radical (unpaired) electrons. The maximum Gasteiger partial charge on any atom is 0.261 e. The minimum atomic E-state index is -0.357. The fourth-order valence-electron chi connectivity index (χ4n) is 4.13. The van der Waals surface area contributed by atoms with Crippen molar-refractivity contribution in [1.82, 2.24) is 10.3 Å². The van der Waals surface area contributed by atoms with Crippen LogP contribution in [-0.2, 0) is 0 Å². The van der Waals surface area contributed by atoms with Gasteiger partial charge in [0.1, 0.15) is 11.3 Å². The van der Waals surface area contributed by atoms with Crippen molar-refractivity contribution in [2.45, 2.75) is 13.8 Å². The Labute approximate surface area is 207 Å². The Morgan fingerprint density at radius 1 is 0.943 bits per heavy atom. The molecule has 5 rings (SSSR count). The first-order chi connectivity index (χ1) is 16.9. The van der Waals surface area contributed by atoms with Crippen LogP contribution in [0.15, 0.2) is 77.2 Å². The fraction of sp³-hybridized carbons (Fsp3) is 0.107. The van der Waals surface area contributed by atoms with Gasteiger partial charge >= 0.3 is 0 Å². The molecule has 0 aliphatic carbocycles. The molecule has 0 aliphatic heterocycles. The molecule has 5 aromatic rings. The lowest BCUT2D eigenvalue weighted by Gasteiger charge is -2.12. The number of methoxy groups -OCH3 is 1. The molecule has 2 N–H and O–H groups in total. The first-order valence-corrected chi connectivity index (χ1v) is 11.5. The zero-order valence-electron chi connectivity index (χ0n) is 19.5. The molecule has 6 nitrogen and oxygen atoms in total. The smallest absolute Gasteiger partial charge is 0.261 e. The largest absolute Gasteiger partial charge is 0.496 e. The highest BCUT2D eigenvalue weighted by molar-refractivity contribution is 7.80. The third-order valence-corrected chi connectivity index (χ3v) is 5.86. The number of rotatable bonds is 4. The number of ether oxygens (including phenoxy) is 1. The van der Waals surface area contributed by atoms with Crippen LogP contribution in [0.4, 0.5) is 5.69 Å². The summed E-state index contributed by atoms with van der Waals surface area (Å²) in [5.41, 5.74) is 5.67. The van der Waals surface area contributed by atoms with Gasteiger partial charge in [-0.15, -0.1) is 0 Å². The molecule has 0 bridgehead atoms. The second-order valence-electron chi connectivity index (χ2n) is 8.39. The van der Waals surface area contributed by atoms with Gasteiger partial charge in [-0.25, -0.2) is 4.98 Å². The molecule has 0 aliphatic rings. The molecular weight excluding hydrogens is 458 g/mol. The zero-order chi connectivity index (χ0) is 24.5. The molecular formula is C28H23N3O3S. The number of carbonyl (C=O) groups excluding carboxylic acids is 1. The number of thiocarbonyl (C=S) groups is 1. The molecule has 1 aromatic heterocycles. The predicted octanol–water partition coefficient (Wildman–Crippen LogP) is 6.40. The number of hydrogen-bond acceptors (Lipinski definition) is 5. The molecule has 7 heteroatoms. The van der Waals surface area contributed by atoms with E-state index in [1.807, 2.05) is 74.5 Å². The van der Waals surface area contributed by atoms with Gasteiger partial charge in [0, 0.05) is 11.3 Å². The van der Waals surface area contributed by atoms with E-state index in [0.717, 1.165) is 27.5 Å². The van der Waals surface area contributed by atoms with E-state index in [0.29, 0.717) is 34.0 Å².